The van der Waals surface area contributed by atoms with Crippen LogP contribution in [0.15, 0.2) is 35.2 Å². The molecule has 0 aliphatic carbocycles. The summed E-state index contributed by atoms with van der Waals surface area (Å²) < 4.78 is 54.9. The topological polar surface area (TPSA) is 88.7 Å². The van der Waals surface area contributed by atoms with E-state index in [1.807, 2.05) is 0 Å². The van der Waals surface area contributed by atoms with E-state index in [1.54, 1.807) is 0 Å². The number of nitrogens with zero attached hydrogens (tertiary/aromatic N) is 3. The maximum absolute atomic E-state index is 12.4. The zero-order valence-corrected chi connectivity index (χ0v) is 20.9. The zero-order chi connectivity index (χ0) is 24.3. The number of imidazole rings is 1. The summed E-state index contributed by atoms with van der Waals surface area (Å²) >= 11 is 3.20. The van der Waals surface area contributed by atoms with Crippen LogP contribution in [0.3, 0.4) is 0 Å². The first-order chi connectivity index (χ1) is 14.6. The van der Waals surface area contributed by atoms with Crippen molar-refractivity contribution >= 4 is 30.1 Å². The third-order valence-electron chi connectivity index (χ3n) is 5.10. The van der Waals surface area contributed by atoms with Crippen molar-refractivity contribution < 1.29 is 32.0 Å². The van der Waals surface area contributed by atoms with E-state index in [0.29, 0.717) is 5.75 Å². The highest BCUT2D eigenvalue weighted by molar-refractivity contribution is 9.10. The van der Waals surface area contributed by atoms with Crippen LogP contribution in [-0.2, 0) is 11.0 Å². The number of hydrogen-bond acceptors (Lipinski definition) is 6. The van der Waals surface area contributed by atoms with Crippen LogP contribution < -0.4 is 9.47 Å². The van der Waals surface area contributed by atoms with E-state index < -0.39 is 25.7 Å². The molecule has 2 aromatic rings. The molecule has 13 heteroatoms. The van der Waals surface area contributed by atoms with Gasteiger partial charge in [-0.25, -0.2) is 0 Å². The fraction of sp³-hybridized carbons (Fsp3) is 0.526. The van der Waals surface area contributed by atoms with Crippen LogP contribution >= 0.6 is 15.9 Å². The summed E-state index contributed by atoms with van der Waals surface area (Å²) in [5.74, 6) is -0.393. The Morgan fingerprint density at radius 2 is 1.75 bits per heavy atom. The van der Waals surface area contributed by atoms with Gasteiger partial charge in [-0.15, -0.1) is 13.2 Å². The number of halogens is 4. The number of ether oxygens (including phenoxy) is 2. The quantitative estimate of drug-likeness (QED) is 0.223. The van der Waals surface area contributed by atoms with Gasteiger partial charge in [0.15, 0.2) is 8.32 Å². The van der Waals surface area contributed by atoms with Gasteiger partial charge in [-0.2, -0.15) is 0 Å². The van der Waals surface area contributed by atoms with Crippen LogP contribution in [0.2, 0.25) is 18.1 Å². The van der Waals surface area contributed by atoms with E-state index in [0.717, 1.165) is 12.1 Å². The minimum Gasteiger partial charge on any atom is -0.486 e. The lowest BCUT2D eigenvalue weighted by Gasteiger charge is -2.37. The second kappa shape index (κ2) is 9.79. The number of rotatable bonds is 9. The van der Waals surface area contributed by atoms with Gasteiger partial charge in [-0.1, -0.05) is 20.8 Å². The van der Waals surface area contributed by atoms with Crippen molar-refractivity contribution in [1.29, 1.82) is 0 Å². The first kappa shape index (κ1) is 26.1. The third kappa shape index (κ3) is 7.48. The van der Waals surface area contributed by atoms with E-state index >= 15 is 0 Å². The summed E-state index contributed by atoms with van der Waals surface area (Å²) in [6, 6.07) is 5.00. The second-order valence-electron chi connectivity index (χ2n) is 8.61. The maximum atomic E-state index is 12.4. The van der Waals surface area contributed by atoms with Gasteiger partial charge < -0.3 is 24.0 Å². The molecule has 0 fully saturated rings. The average Bonchev–Trinajstić information content (AvgIpc) is 3.00. The number of nitro groups is 1. The highest BCUT2D eigenvalue weighted by Crippen LogP contribution is 2.37. The van der Waals surface area contributed by atoms with Gasteiger partial charge in [0.05, 0.1) is 13.2 Å². The fourth-order valence-corrected chi connectivity index (χ4v) is 3.83. The monoisotopic (exact) mass is 539 g/mol. The Morgan fingerprint density at radius 1 is 1.19 bits per heavy atom. The highest BCUT2D eigenvalue weighted by atomic mass is 79.9. The maximum Gasteiger partial charge on any atom is 0.573 e. The Balaban J connectivity index is 2.21. The van der Waals surface area contributed by atoms with Gasteiger partial charge in [0.25, 0.3) is 4.73 Å². The molecule has 1 heterocycles. The summed E-state index contributed by atoms with van der Waals surface area (Å²) in [4.78, 5) is 14.2. The average molecular weight is 540 g/mol. The zero-order valence-electron chi connectivity index (χ0n) is 18.3. The molecule has 0 aliphatic rings. The van der Waals surface area contributed by atoms with E-state index in [9.17, 15) is 23.3 Å². The number of benzene rings is 1. The summed E-state index contributed by atoms with van der Waals surface area (Å²) in [6.07, 6.45) is -4.11. The van der Waals surface area contributed by atoms with Gasteiger partial charge in [0.1, 0.15) is 23.8 Å². The number of aromatic nitrogens is 2. The normalized spacial score (nSPS) is 13.7. The molecule has 0 amide bonds. The van der Waals surface area contributed by atoms with Gasteiger partial charge >= 0.3 is 12.2 Å². The summed E-state index contributed by atoms with van der Waals surface area (Å²) in [7, 11) is -2.13. The molecule has 32 heavy (non-hydrogen) atoms. The van der Waals surface area contributed by atoms with Crippen LogP contribution in [0.4, 0.5) is 19.0 Å². The van der Waals surface area contributed by atoms with Crippen molar-refractivity contribution in [2.24, 2.45) is 0 Å². The Morgan fingerprint density at radius 3 is 2.22 bits per heavy atom. The van der Waals surface area contributed by atoms with Crippen molar-refractivity contribution in [2.75, 3.05) is 6.61 Å². The third-order valence-corrected chi connectivity index (χ3v) is 10.2. The Bertz CT molecular complexity index is 930. The molecule has 0 saturated heterocycles. The van der Waals surface area contributed by atoms with Gasteiger partial charge in [0.2, 0.25) is 0 Å². The lowest BCUT2D eigenvalue weighted by atomic mass is 10.2. The van der Waals surface area contributed by atoms with Crippen molar-refractivity contribution in [2.45, 2.75) is 57.9 Å². The molecule has 1 aromatic carbocycles. The standard InChI is InChI=1S/C19H25BrF3N3O5Si/c1-18(2,3)32(4,5)29-12-15(10-25-11-16(26(27)28)24-17(25)20)30-13-6-8-14(9-7-13)31-19(21,22)23/h6-9,11,15H,10,12H2,1-5H3. The first-order valence-corrected chi connectivity index (χ1v) is 13.3. The molecule has 2 rings (SSSR count). The molecule has 0 bridgehead atoms. The van der Waals surface area contributed by atoms with Gasteiger partial charge in [-0.05, 0) is 52.3 Å². The molecule has 8 nitrogen and oxygen atoms in total. The molecular formula is C19H25BrF3N3O5Si. The van der Waals surface area contributed by atoms with Crippen molar-refractivity contribution in [3.8, 4) is 11.5 Å². The van der Waals surface area contributed by atoms with E-state index in [4.69, 9.17) is 9.16 Å². The minimum atomic E-state index is -4.79. The molecular weight excluding hydrogens is 515 g/mol. The van der Waals surface area contributed by atoms with E-state index in [-0.39, 0.29) is 34.5 Å². The molecule has 0 radical (unpaired) electrons. The summed E-state index contributed by atoms with van der Waals surface area (Å²) in [5, 5.41) is 11.0. The van der Waals surface area contributed by atoms with E-state index in [2.05, 4.69) is 59.5 Å². The Hall–Kier alpha value is -2.12. The molecule has 0 N–H and O–H groups in total. The van der Waals surface area contributed by atoms with Crippen LogP contribution in [0.5, 0.6) is 11.5 Å². The molecule has 1 atom stereocenters. The van der Waals surface area contributed by atoms with Crippen LogP contribution in [-0.4, -0.2) is 41.9 Å². The summed E-state index contributed by atoms with van der Waals surface area (Å²) in [6.45, 7) is 10.8. The van der Waals surface area contributed by atoms with Gasteiger partial charge in [-0.3, -0.25) is 4.57 Å². The molecule has 0 spiro atoms. The van der Waals surface area contributed by atoms with Gasteiger partial charge in [0, 0.05) is 15.9 Å². The Labute approximate surface area is 193 Å². The molecule has 1 aromatic heterocycles. The predicted octanol–water partition coefficient (Wildman–Crippen LogP) is 5.92. The predicted molar refractivity (Wildman–Crippen MR) is 117 cm³/mol. The first-order valence-electron chi connectivity index (χ1n) is 9.61. The van der Waals surface area contributed by atoms with Crippen molar-refractivity contribution in [3.63, 3.8) is 0 Å². The fourth-order valence-electron chi connectivity index (χ4n) is 2.37. The smallest absolute Gasteiger partial charge is 0.486 e. The Kier molecular flexibility index (Phi) is 7.99. The lowest BCUT2D eigenvalue weighted by Crippen LogP contribution is -2.44. The SMILES string of the molecule is CC(C)(C)[Si](C)(C)OCC(Cn1cc([N+](=O)[O-])nc1Br)Oc1ccc(OC(F)(F)F)cc1. The number of alkyl halides is 3. The van der Waals surface area contributed by atoms with Crippen LogP contribution in [0, 0.1) is 10.1 Å². The van der Waals surface area contributed by atoms with Crippen molar-refractivity contribution in [1.82, 2.24) is 9.55 Å². The van der Waals surface area contributed by atoms with Crippen molar-refractivity contribution in [3.05, 3.63) is 45.3 Å². The lowest BCUT2D eigenvalue weighted by molar-refractivity contribution is -0.389. The minimum absolute atomic E-state index is 0.0531. The van der Waals surface area contributed by atoms with E-state index in [1.165, 1.54) is 22.9 Å². The van der Waals surface area contributed by atoms with Crippen LogP contribution in [0.25, 0.3) is 0 Å². The highest BCUT2D eigenvalue weighted by Gasteiger charge is 2.38. The molecule has 178 valence electrons. The number of hydrogen-bond donors (Lipinski definition) is 0. The second-order valence-corrected chi connectivity index (χ2v) is 14.1. The van der Waals surface area contributed by atoms with Crippen LogP contribution in [0.1, 0.15) is 20.8 Å². The largest absolute Gasteiger partial charge is 0.573 e. The molecule has 0 saturated carbocycles. The molecule has 1 unspecified atom stereocenters. The summed E-state index contributed by atoms with van der Waals surface area (Å²) in [5.41, 5.74) is 0. The molecule has 0 aliphatic heterocycles.